The largest absolute Gasteiger partial charge is 0.496 e. The predicted octanol–water partition coefficient (Wildman–Crippen LogP) is 4.48. The third kappa shape index (κ3) is 8.79. The summed E-state index contributed by atoms with van der Waals surface area (Å²) in [7, 11) is 3.06. The molecule has 0 radical (unpaired) electrons. The molecule has 2 fully saturated rings. The molecule has 14 nitrogen and oxygen atoms in total. The van der Waals surface area contributed by atoms with Gasteiger partial charge in [-0.2, -0.15) is 0 Å². The van der Waals surface area contributed by atoms with E-state index in [1.54, 1.807) is 24.5 Å². The van der Waals surface area contributed by atoms with Gasteiger partial charge in [-0.15, -0.1) is 0 Å². The zero-order valence-electron chi connectivity index (χ0n) is 30.0. The van der Waals surface area contributed by atoms with E-state index in [4.69, 9.17) is 18.9 Å². The molecule has 2 aromatic carbocycles. The maximum atomic E-state index is 13.4. The maximum absolute atomic E-state index is 13.4. The highest BCUT2D eigenvalue weighted by atomic mass is 16.5. The van der Waals surface area contributed by atoms with Gasteiger partial charge in [-0.25, -0.2) is 0 Å². The van der Waals surface area contributed by atoms with Crippen LogP contribution in [0.1, 0.15) is 62.5 Å². The number of pyridine rings is 2. The number of nitrogens with one attached hydrogen (secondary N) is 4. The smallest absolute Gasteiger partial charge is 0.307 e. The third-order valence-corrected chi connectivity index (χ3v) is 9.41. The molecule has 0 bridgehead atoms. The fourth-order valence-electron chi connectivity index (χ4n) is 6.33. The number of cyclic esters (lactones) is 2. The molecule has 4 aromatic rings. The second-order valence-corrected chi connectivity index (χ2v) is 12.9. The van der Waals surface area contributed by atoms with E-state index in [0.29, 0.717) is 62.0 Å². The maximum Gasteiger partial charge on any atom is 0.307 e. The van der Waals surface area contributed by atoms with Crippen LogP contribution in [0, 0.1) is 13.8 Å². The summed E-state index contributed by atoms with van der Waals surface area (Å²) in [5, 5.41) is 12.6. The van der Waals surface area contributed by atoms with Gasteiger partial charge < -0.3 is 40.2 Å². The van der Waals surface area contributed by atoms with E-state index in [1.807, 2.05) is 50.2 Å². The predicted molar refractivity (Wildman–Crippen MR) is 196 cm³/mol. The van der Waals surface area contributed by atoms with Crippen molar-refractivity contribution in [2.24, 2.45) is 0 Å². The average Bonchev–Trinajstić information content (AvgIpc) is 3.59. The molecule has 0 aliphatic carbocycles. The number of aromatic nitrogens is 2. The molecule has 2 aromatic heterocycles. The standard InChI is InChI=1S/C39H42N6O8/c1-22-28(7-5-9-30(22)44-38(48)32-15-34(50-3)24(19-42-32)17-40-26-11-12-52-36(46)13-26)29-8-6-10-31(23(29)2)45-39(49)33-16-35(51-4)25(20-43-33)18-41-27-14-37(47)53-21-27/h5-10,15-16,19-20,26-27,40-41H,11-14,17-18,21H2,1-4H3,(H,44,48)(H,45,49)/t26-,27+/m1/s1. The third-order valence-electron chi connectivity index (χ3n) is 9.41. The van der Waals surface area contributed by atoms with Crippen molar-refractivity contribution in [3.8, 4) is 22.6 Å². The number of carbonyl (C=O) groups is 4. The molecule has 0 unspecified atom stereocenters. The molecule has 2 atom stereocenters. The Labute approximate surface area is 307 Å². The second-order valence-electron chi connectivity index (χ2n) is 12.9. The highest BCUT2D eigenvalue weighted by Crippen LogP contribution is 2.34. The monoisotopic (exact) mass is 722 g/mol. The van der Waals surface area contributed by atoms with E-state index in [1.165, 1.54) is 14.2 Å². The first-order chi connectivity index (χ1) is 25.6. The summed E-state index contributed by atoms with van der Waals surface area (Å²) in [6, 6.07) is 14.4. The Morgan fingerprint density at radius 3 is 1.70 bits per heavy atom. The van der Waals surface area contributed by atoms with Gasteiger partial charge in [-0.3, -0.25) is 29.1 Å². The Kier molecular flexibility index (Phi) is 11.6. The van der Waals surface area contributed by atoms with Crippen LogP contribution in [-0.2, 0) is 32.2 Å². The molecule has 4 N–H and O–H groups in total. The average molecular weight is 723 g/mol. The van der Waals surface area contributed by atoms with Gasteiger partial charge in [0.15, 0.2) is 0 Å². The molecule has 2 aliphatic heterocycles. The lowest BCUT2D eigenvalue weighted by Crippen LogP contribution is -2.36. The van der Waals surface area contributed by atoms with Crippen molar-refractivity contribution in [3.63, 3.8) is 0 Å². The molecule has 0 saturated carbocycles. The highest BCUT2D eigenvalue weighted by Gasteiger charge is 2.24. The lowest BCUT2D eigenvalue weighted by Gasteiger charge is -2.22. The van der Waals surface area contributed by atoms with Crippen LogP contribution in [0.3, 0.4) is 0 Å². The lowest BCUT2D eigenvalue weighted by molar-refractivity contribution is -0.148. The van der Waals surface area contributed by atoms with Gasteiger partial charge in [0.2, 0.25) is 0 Å². The zero-order valence-corrected chi connectivity index (χ0v) is 30.0. The molecule has 276 valence electrons. The number of anilines is 2. The van der Waals surface area contributed by atoms with Crippen LogP contribution in [0.25, 0.3) is 11.1 Å². The van der Waals surface area contributed by atoms with Crippen molar-refractivity contribution in [1.29, 1.82) is 0 Å². The first-order valence-electron chi connectivity index (χ1n) is 17.3. The van der Waals surface area contributed by atoms with E-state index in [2.05, 4.69) is 31.2 Å². The van der Waals surface area contributed by atoms with Gasteiger partial charge in [0.25, 0.3) is 11.8 Å². The number of amides is 2. The van der Waals surface area contributed by atoms with Crippen LogP contribution in [0.5, 0.6) is 11.5 Å². The summed E-state index contributed by atoms with van der Waals surface area (Å²) in [6.07, 6.45) is 4.51. The quantitative estimate of drug-likeness (QED) is 0.142. The molecule has 4 heterocycles. The number of nitrogens with zero attached hydrogens (tertiary/aromatic N) is 2. The fraction of sp³-hybridized carbons (Fsp3) is 0.333. The minimum absolute atomic E-state index is 0.000132. The Morgan fingerprint density at radius 2 is 1.23 bits per heavy atom. The zero-order chi connectivity index (χ0) is 37.5. The normalized spacial score (nSPS) is 16.8. The molecule has 0 spiro atoms. The summed E-state index contributed by atoms with van der Waals surface area (Å²) in [6.45, 7) is 5.36. The van der Waals surface area contributed by atoms with Crippen molar-refractivity contribution in [3.05, 3.63) is 94.6 Å². The summed E-state index contributed by atoms with van der Waals surface area (Å²) >= 11 is 0. The number of ether oxygens (including phenoxy) is 4. The van der Waals surface area contributed by atoms with Crippen LogP contribution >= 0.6 is 0 Å². The van der Waals surface area contributed by atoms with Crippen molar-refractivity contribution in [2.75, 3.05) is 38.1 Å². The lowest BCUT2D eigenvalue weighted by atomic mass is 9.94. The highest BCUT2D eigenvalue weighted by molar-refractivity contribution is 6.05. The summed E-state index contributed by atoms with van der Waals surface area (Å²) in [5.74, 6) is -0.262. The fourth-order valence-corrected chi connectivity index (χ4v) is 6.33. The Balaban J connectivity index is 1.13. The van der Waals surface area contributed by atoms with Gasteiger partial charge in [0.05, 0.1) is 39.7 Å². The van der Waals surface area contributed by atoms with Gasteiger partial charge in [-0.05, 0) is 54.7 Å². The molecule has 53 heavy (non-hydrogen) atoms. The number of benzene rings is 2. The molecule has 6 rings (SSSR count). The first-order valence-corrected chi connectivity index (χ1v) is 17.3. The number of methoxy groups -OCH3 is 2. The van der Waals surface area contributed by atoms with Crippen molar-refractivity contribution in [1.82, 2.24) is 20.6 Å². The van der Waals surface area contributed by atoms with E-state index in [-0.39, 0.29) is 35.4 Å². The van der Waals surface area contributed by atoms with Crippen LogP contribution in [-0.4, -0.2) is 73.2 Å². The summed E-state index contributed by atoms with van der Waals surface area (Å²) < 4.78 is 21.1. The Morgan fingerprint density at radius 1 is 0.736 bits per heavy atom. The summed E-state index contributed by atoms with van der Waals surface area (Å²) in [4.78, 5) is 58.6. The molecular formula is C39H42N6O8. The topological polar surface area (TPSA) is 179 Å². The van der Waals surface area contributed by atoms with Crippen LogP contribution in [0.2, 0.25) is 0 Å². The Hall–Kier alpha value is -5.86. The summed E-state index contributed by atoms with van der Waals surface area (Å²) in [5.41, 5.74) is 6.49. The number of esters is 2. The van der Waals surface area contributed by atoms with E-state index in [0.717, 1.165) is 39.8 Å². The van der Waals surface area contributed by atoms with E-state index >= 15 is 0 Å². The van der Waals surface area contributed by atoms with E-state index < -0.39 is 11.8 Å². The number of hydrogen-bond donors (Lipinski definition) is 4. The van der Waals surface area contributed by atoms with Crippen molar-refractivity contribution >= 4 is 35.1 Å². The SMILES string of the molecule is COc1cc(C(=O)Nc2cccc(-c3cccc(NC(=O)c4cc(OC)c(CN[C@@H]5COC(=O)C5)cn4)c3C)c2C)ncc1CN[C@@H]1CCOC(=O)C1. The number of hydrogen-bond acceptors (Lipinski definition) is 12. The minimum Gasteiger partial charge on any atom is -0.496 e. The molecule has 2 aliphatic rings. The van der Waals surface area contributed by atoms with Gasteiger partial charge in [-0.1, -0.05) is 24.3 Å². The van der Waals surface area contributed by atoms with Crippen LogP contribution < -0.4 is 30.7 Å². The number of carbonyl (C=O) groups excluding carboxylic acids is 4. The Bertz CT molecular complexity index is 2040. The molecule has 2 amide bonds. The molecule has 2 saturated heterocycles. The first kappa shape index (κ1) is 36.9. The number of rotatable bonds is 13. The van der Waals surface area contributed by atoms with E-state index in [9.17, 15) is 19.2 Å². The molecular weight excluding hydrogens is 680 g/mol. The van der Waals surface area contributed by atoms with Gasteiger partial charge >= 0.3 is 11.9 Å². The van der Waals surface area contributed by atoms with Crippen LogP contribution in [0.15, 0.2) is 60.9 Å². The van der Waals surface area contributed by atoms with Crippen LogP contribution in [0.4, 0.5) is 11.4 Å². The van der Waals surface area contributed by atoms with Crippen molar-refractivity contribution < 1.29 is 38.1 Å². The van der Waals surface area contributed by atoms with Gasteiger partial charge in [0.1, 0.15) is 29.5 Å². The van der Waals surface area contributed by atoms with Crippen molar-refractivity contribution in [2.45, 2.75) is 58.3 Å². The minimum atomic E-state index is -0.404. The second kappa shape index (κ2) is 16.7. The molecule has 14 heteroatoms. The van der Waals surface area contributed by atoms with Gasteiger partial charge in [0, 0.05) is 66.2 Å².